The Balaban J connectivity index is 0.00000155. The molecule has 4 rings (SSSR count). The van der Waals surface area contributed by atoms with Crippen LogP contribution in [0.4, 0.5) is 5.69 Å². The number of benzene rings is 2. The van der Waals surface area contributed by atoms with Gasteiger partial charge in [0.2, 0.25) is 5.91 Å². The van der Waals surface area contributed by atoms with E-state index in [1.165, 1.54) is 17.6 Å². The maximum atomic E-state index is 13.9. The monoisotopic (exact) mass is 563 g/mol. The number of hydrogen-bond acceptors (Lipinski definition) is 4. The zero-order valence-corrected chi connectivity index (χ0v) is 24.7. The molecule has 2 atom stereocenters. The summed E-state index contributed by atoms with van der Waals surface area (Å²) in [6, 6.07) is 22.8. The van der Waals surface area contributed by atoms with Gasteiger partial charge in [-0.05, 0) is 60.9 Å². The number of pyridine rings is 1. The number of nitrogens with one attached hydrogen (secondary N) is 1. The third kappa shape index (κ3) is 8.51. The van der Waals surface area contributed by atoms with E-state index in [1.807, 2.05) is 92.7 Å². The molecule has 6 nitrogen and oxygen atoms in total. The number of furan rings is 1. The molecule has 0 aliphatic rings. The van der Waals surface area contributed by atoms with E-state index in [9.17, 15) is 9.59 Å². The van der Waals surface area contributed by atoms with Crippen molar-refractivity contribution in [3.8, 4) is 11.1 Å². The highest BCUT2D eigenvalue weighted by Gasteiger charge is 2.35. The second-order valence-corrected chi connectivity index (χ2v) is 9.65. The Kier molecular flexibility index (Phi) is 12.3. The van der Waals surface area contributed by atoms with Crippen molar-refractivity contribution in [3.63, 3.8) is 0 Å². The van der Waals surface area contributed by atoms with E-state index in [0.717, 1.165) is 16.7 Å². The van der Waals surface area contributed by atoms with Crippen molar-refractivity contribution in [1.29, 1.82) is 0 Å². The molecule has 0 radical (unpaired) electrons. The van der Waals surface area contributed by atoms with Crippen LogP contribution >= 0.6 is 0 Å². The molecule has 218 valence electrons. The summed E-state index contributed by atoms with van der Waals surface area (Å²) in [5, 5.41) is 3.03. The van der Waals surface area contributed by atoms with Crippen LogP contribution in [0.3, 0.4) is 0 Å². The van der Waals surface area contributed by atoms with E-state index in [2.05, 4.69) is 30.7 Å². The van der Waals surface area contributed by atoms with Gasteiger partial charge in [-0.3, -0.25) is 19.5 Å². The minimum Gasteiger partial charge on any atom is -0.459 e. The first-order chi connectivity index (χ1) is 20.4. The predicted octanol–water partition coefficient (Wildman–Crippen LogP) is 8.59. The lowest BCUT2D eigenvalue weighted by atomic mass is 10.0. The van der Waals surface area contributed by atoms with Crippen molar-refractivity contribution in [2.75, 3.05) is 4.90 Å². The minimum atomic E-state index is -1.02. The summed E-state index contributed by atoms with van der Waals surface area (Å²) in [4.78, 5) is 33.5. The Morgan fingerprint density at radius 3 is 2.26 bits per heavy atom. The molecule has 0 saturated carbocycles. The molecule has 6 heteroatoms. The Hall–Kier alpha value is -4.97. The highest BCUT2D eigenvalue weighted by atomic mass is 16.3. The van der Waals surface area contributed by atoms with Crippen molar-refractivity contribution < 1.29 is 15.4 Å². The molecule has 0 bridgehead atoms. The van der Waals surface area contributed by atoms with Gasteiger partial charge in [0.15, 0.2) is 5.76 Å². The number of carbonyl (C=O) groups is 2. The molecule has 4 aromatic rings. The van der Waals surface area contributed by atoms with Gasteiger partial charge >= 0.3 is 0 Å². The number of rotatable bonds is 10. The standard InChI is InChI=1S/C33H31N3O3.C3H8.H2/c1-4-5-7-12-24(2)25(3)35-32(37)31(28-15-10-21-34-23-28)36(33(38)30-16-11-22-39-30)29-19-17-27(18-20-29)26-13-8-6-9-14-26;1-3-2;/h4-23,25,31H,2H2,1,3H3,(H,35,37);3H2,1-2H3;1H/b5-4-,12-7-;;. The molecule has 2 aromatic carbocycles. The second-order valence-electron chi connectivity index (χ2n) is 9.65. The van der Waals surface area contributed by atoms with Crippen molar-refractivity contribution >= 4 is 17.5 Å². The van der Waals surface area contributed by atoms with Gasteiger partial charge in [-0.2, -0.15) is 0 Å². The van der Waals surface area contributed by atoms with Crippen LogP contribution in [0.15, 0.2) is 138 Å². The van der Waals surface area contributed by atoms with Crippen LogP contribution in [-0.2, 0) is 4.79 Å². The van der Waals surface area contributed by atoms with Crippen molar-refractivity contribution in [2.24, 2.45) is 0 Å². The van der Waals surface area contributed by atoms with Gasteiger partial charge in [-0.25, -0.2) is 0 Å². The van der Waals surface area contributed by atoms with E-state index in [4.69, 9.17) is 4.42 Å². The second kappa shape index (κ2) is 16.3. The highest BCUT2D eigenvalue weighted by molar-refractivity contribution is 6.08. The first-order valence-electron chi connectivity index (χ1n) is 14.1. The van der Waals surface area contributed by atoms with Gasteiger partial charge in [0.05, 0.1) is 12.3 Å². The van der Waals surface area contributed by atoms with Crippen LogP contribution in [0.25, 0.3) is 11.1 Å². The fourth-order valence-electron chi connectivity index (χ4n) is 4.12. The first-order valence-corrected chi connectivity index (χ1v) is 14.1. The molecule has 42 heavy (non-hydrogen) atoms. The molecular weight excluding hydrogens is 522 g/mol. The van der Waals surface area contributed by atoms with Crippen LogP contribution in [0.5, 0.6) is 0 Å². The molecule has 2 heterocycles. The molecule has 2 unspecified atom stereocenters. The normalized spacial score (nSPS) is 12.3. The van der Waals surface area contributed by atoms with Gasteiger partial charge in [0, 0.05) is 25.1 Å². The van der Waals surface area contributed by atoms with Gasteiger partial charge in [0.1, 0.15) is 6.04 Å². The summed E-state index contributed by atoms with van der Waals surface area (Å²) in [6.45, 7) is 12.1. The summed E-state index contributed by atoms with van der Waals surface area (Å²) in [6.07, 6.45) is 13.4. The highest BCUT2D eigenvalue weighted by Crippen LogP contribution is 2.32. The van der Waals surface area contributed by atoms with E-state index in [0.29, 0.717) is 11.3 Å². The van der Waals surface area contributed by atoms with Gasteiger partial charge < -0.3 is 9.73 Å². The lowest BCUT2D eigenvalue weighted by Gasteiger charge is -2.31. The fraction of sp³-hybridized carbons (Fsp3) is 0.194. The van der Waals surface area contributed by atoms with E-state index >= 15 is 0 Å². The number of allylic oxidation sites excluding steroid dienone is 3. The van der Waals surface area contributed by atoms with Crippen molar-refractivity contribution in [2.45, 2.75) is 46.2 Å². The number of anilines is 1. The molecule has 1 N–H and O–H groups in total. The maximum Gasteiger partial charge on any atom is 0.294 e. The number of hydrogen-bond donors (Lipinski definition) is 1. The van der Waals surface area contributed by atoms with Crippen LogP contribution < -0.4 is 10.2 Å². The number of nitrogens with zero attached hydrogens (tertiary/aromatic N) is 2. The van der Waals surface area contributed by atoms with Gasteiger partial charge in [-0.15, -0.1) is 0 Å². The first kappa shape index (κ1) is 31.6. The third-order valence-corrected chi connectivity index (χ3v) is 6.24. The van der Waals surface area contributed by atoms with E-state index in [-0.39, 0.29) is 19.1 Å². The molecule has 0 spiro atoms. The number of carbonyl (C=O) groups excluding carboxylic acids is 2. The van der Waals surface area contributed by atoms with Gasteiger partial charge in [-0.1, -0.05) is 99.7 Å². The quantitative estimate of drug-likeness (QED) is 0.196. The minimum absolute atomic E-state index is 0. The zero-order valence-electron chi connectivity index (χ0n) is 24.7. The van der Waals surface area contributed by atoms with Crippen LogP contribution in [-0.4, -0.2) is 22.8 Å². The van der Waals surface area contributed by atoms with Crippen molar-refractivity contribution in [1.82, 2.24) is 10.3 Å². The average Bonchev–Trinajstić information content (AvgIpc) is 3.56. The largest absolute Gasteiger partial charge is 0.459 e. The predicted molar refractivity (Wildman–Crippen MR) is 173 cm³/mol. The number of aromatic nitrogens is 1. The van der Waals surface area contributed by atoms with E-state index in [1.54, 1.807) is 36.7 Å². The third-order valence-electron chi connectivity index (χ3n) is 6.24. The SMILES string of the molecule is C=C(/C=C\C=C/C)C(C)NC(=O)C(c1cccnc1)N(C(=O)c1ccco1)c1ccc(-c2ccccc2)cc1.CCC.[HH]. The summed E-state index contributed by atoms with van der Waals surface area (Å²) < 4.78 is 5.46. The molecule has 0 saturated heterocycles. The van der Waals surface area contributed by atoms with E-state index < -0.39 is 11.9 Å². The summed E-state index contributed by atoms with van der Waals surface area (Å²) in [7, 11) is 0. The molecule has 0 aliphatic heterocycles. The smallest absolute Gasteiger partial charge is 0.294 e. The topological polar surface area (TPSA) is 75.4 Å². The van der Waals surface area contributed by atoms with Crippen LogP contribution in [0, 0.1) is 0 Å². The number of amides is 2. The Labute approximate surface area is 250 Å². The van der Waals surface area contributed by atoms with Gasteiger partial charge in [0.25, 0.3) is 5.91 Å². The van der Waals surface area contributed by atoms with Crippen LogP contribution in [0.2, 0.25) is 0 Å². The molecule has 0 fully saturated rings. The molecular formula is C36H41N3O3. The Morgan fingerprint density at radius 1 is 0.976 bits per heavy atom. The average molecular weight is 564 g/mol. The summed E-state index contributed by atoms with van der Waals surface area (Å²) >= 11 is 0. The maximum absolute atomic E-state index is 13.9. The van der Waals surface area contributed by atoms with Crippen molar-refractivity contribution in [3.05, 3.63) is 145 Å². The molecule has 2 amide bonds. The van der Waals surface area contributed by atoms with Crippen LogP contribution in [0.1, 0.15) is 57.7 Å². The zero-order chi connectivity index (χ0) is 30.3. The lowest BCUT2D eigenvalue weighted by molar-refractivity contribution is -0.122. The Bertz CT molecular complexity index is 1470. The molecule has 2 aromatic heterocycles. The Morgan fingerprint density at radius 2 is 1.67 bits per heavy atom. The lowest BCUT2D eigenvalue weighted by Crippen LogP contribution is -2.46. The summed E-state index contributed by atoms with van der Waals surface area (Å²) in [5.74, 6) is -0.699. The fourth-order valence-corrected chi connectivity index (χ4v) is 4.12. The summed E-state index contributed by atoms with van der Waals surface area (Å²) in [5.41, 5.74) is 3.86. The molecule has 0 aliphatic carbocycles.